The van der Waals surface area contributed by atoms with E-state index in [1.54, 1.807) is 12.1 Å². The Hall–Kier alpha value is -2.75. The molecule has 5 rings (SSSR count). The quantitative estimate of drug-likeness (QED) is 0.393. The van der Waals surface area contributed by atoms with Gasteiger partial charge in [0.05, 0.1) is 30.6 Å². The van der Waals surface area contributed by atoms with Crippen LogP contribution in [0.1, 0.15) is 32.3 Å². The smallest absolute Gasteiger partial charge is 0.246 e. The number of hydrogen-bond acceptors (Lipinski definition) is 5. The van der Waals surface area contributed by atoms with Crippen LogP contribution in [0.2, 0.25) is 0 Å². The molecule has 9 heteroatoms. The third-order valence-corrected chi connectivity index (χ3v) is 9.32. The largest absolute Gasteiger partial charge is 0.394 e. The summed E-state index contributed by atoms with van der Waals surface area (Å²) in [7, 11) is 0. The zero-order chi connectivity index (χ0) is 27.0. The Labute approximate surface area is 231 Å². The number of alkyl halides is 1. The fraction of sp³-hybridized carbons (Fsp3) is 0.483. The van der Waals surface area contributed by atoms with Crippen LogP contribution in [0.3, 0.4) is 0 Å². The molecule has 3 heterocycles. The van der Waals surface area contributed by atoms with E-state index in [0.29, 0.717) is 25.1 Å². The molecule has 3 aliphatic rings. The van der Waals surface area contributed by atoms with Crippen molar-refractivity contribution in [1.82, 2.24) is 10.2 Å². The molecule has 1 spiro atoms. The van der Waals surface area contributed by atoms with Gasteiger partial charge in [-0.3, -0.25) is 14.4 Å². The first-order chi connectivity index (χ1) is 18.3. The molecule has 3 saturated heterocycles. The van der Waals surface area contributed by atoms with Gasteiger partial charge in [-0.15, -0.1) is 0 Å². The Kier molecular flexibility index (Phi) is 7.62. The van der Waals surface area contributed by atoms with Gasteiger partial charge in [0.15, 0.2) is 0 Å². The molecule has 0 radical (unpaired) electrons. The zero-order valence-electron chi connectivity index (χ0n) is 21.5. The normalized spacial score (nSPS) is 31.1. The summed E-state index contributed by atoms with van der Waals surface area (Å²) in [6.07, 6.45) is 0.588. The van der Waals surface area contributed by atoms with E-state index in [4.69, 9.17) is 4.74 Å². The molecule has 2 bridgehead atoms. The number of carbonyl (C=O) groups is 3. The fourth-order valence-corrected chi connectivity index (χ4v) is 7.41. The highest BCUT2D eigenvalue weighted by atomic mass is 79.9. The molecule has 3 amide bonds. The molecule has 3 fully saturated rings. The molecule has 202 valence electrons. The van der Waals surface area contributed by atoms with Gasteiger partial charge in [-0.2, -0.15) is 0 Å². The van der Waals surface area contributed by atoms with Crippen molar-refractivity contribution in [1.29, 1.82) is 0 Å². The second kappa shape index (κ2) is 10.8. The second-order valence-corrected chi connectivity index (χ2v) is 11.8. The van der Waals surface area contributed by atoms with Gasteiger partial charge in [0.1, 0.15) is 11.6 Å². The highest BCUT2D eigenvalue weighted by molar-refractivity contribution is 9.09. The molecule has 3 unspecified atom stereocenters. The summed E-state index contributed by atoms with van der Waals surface area (Å²) in [5.41, 5.74) is 0.394. The number of likely N-dealkylation sites (tertiary alicyclic amines) is 1. The lowest BCUT2D eigenvalue weighted by molar-refractivity contribution is -0.146. The van der Waals surface area contributed by atoms with E-state index in [9.17, 15) is 19.5 Å². The molecule has 0 aromatic heterocycles. The van der Waals surface area contributed by atoms with E-state index in [1.165, 1.54) is 4.90 Å². The van der Waals surface area contributed by atoms with E-state index in [0.717, 1.165) is 5.56 Å². The minimum atomic E-state index is -1.17. The van der Waals surface area contributed by atoms with Gasteiger partial charge >= 0.3 is 0 Å². The number of aliphatic hydroxyl groups is 1. The van der Waals surface area contributed by atoms with Crippen molar-refractivity contribution < 1.29 is 24.2 Å². The molecule has 2 aromatic rings. The number of benzene rings is 2. The lowest BCUT2D eigenvalue weighted by Crippen LogP contribution is -2.59. The summed E-state index contributed by atoms with van der Waals surface area (Å²) in [6, 6.07) is 17.1. The average molecular weight is 585 g/mol. The zero-order valence-corrected chi connectivity index (χ0v) is 23.1. The summed E-state index contributed by atoms with van der Waals surface area (Å²) >= 11 is 3.69. The lowest BCUT2D eigenvalue weighted by Gasteiger charge is -2.38. The van der Waals surface area contributed by atoms with Gasteiger partial charge in [0.2, 0.25) is 17.7 Å². The topological polar surface area (TPSA) is 108 Å². The van der Waals surface area contributed by atoms with Crippen LogP contribution in [-0.2, 0) is 25.7 Å². The molecular weight excluding hydrogens is 550 g/mol. The van der Waals surface area contributed by atoms with E-state index < -0.39 is 35.6 Å². The minimum absolute atomic E-state index is 0.0582. The van der Waals surface area contributed by atoms with Crippen LogP contribution < -0.4 is 10.6 Å². The van der Waals surface area contributed by atoms with Gasteiger partial charge in [-0.1, -0.05) is 84.7 Å². The van der Waals surface area contributed by atoms with E-state index in [2.05, 4.69) is 26.6 Å². The fourth-order valence-electron chi connectivity index (χ4n) is 6.47. The first-order valence-electron chi connectivity index (χ1n) is 13.2. The predicted molar refractivity (Wildman–Crippen MR) is 146 cm³/mol. The van der Waals surface area contributed by atoms with Crippen LogP contribution in [0.4, 0.5) is 5.69 Å². The van der Waals surface area contributed by atoms with E-state index in [1.807, 2.05) is 62.4 Å². The summed E-state index contributed by atoms with van der Waals surface area (Å²) < 4.78 is 6.55. The van der Waals surface area contributed by atoms with Gasteiger partial charge in [0, 0.05) is 17.1 Å². The average Bonchev–Trinajstić information content (AvgIpc) is 3.52. The summed E-state index contributed by atoms with van der Waals surface area (Å²) in [5.74, 6) is -2.60. The number of aliphatic hydroxyl groups excluding tert-OH is 1. The highest BCUT2D eigenvalue weighted by Crippen LogP contribution is 2.60. The van der Waals surface area contributed by atoms with Crippen molar-refractivity contribution in [2.45, 2.75) is 61.8 Å². The molecule has 0 aliphatic carbocycles. The molecule has 3 N–H and O–H groups in total. The number of halogens is 1. The van der Waals surface area contributed by atoms with Crippen LogP contribution in [0.15, 0.2) is 60.7 Å². The Morgan fingerprint density at radius 2 is 1.79 bits per heavy atom. The summed E-state index contributed by atoms with van der Waals surface area (Å²) in [4.78, 5) is 43.1. The van der Waals surface area contributed by atoms with Crippen LogP contribution in [0.5, 0.6) is 0 Å². The van der Waals surface area contributed by atoms with E-state index in [-0.39, 0.29) is 35.1 Å². The second-order valence-electron chi connectivity index (χ2n) is 10.6. The maximum absolute atomic E-state index is 14.2. The van der Waals surface area contributed by atoms with Crippen LogP contribution in [0, 0.1) is 17.8 Å². The summed E-state index contributed by atoms with van der Waals surface area (Å²) in [5, 5.41) is 16.4. The SMILES string of the molecule is CC[C@H](C)[C@H](CO)N1C(=O)[C@@H]2[C@H](C(=O)Nc3ccccc3)[C@H]3OC2(CC3Br)C1C(=O)NCc1ccccc1. The standard InChI is InChI=1S/C29H34BrN3O5/c1-3-17(2)21(16-34)33-25(27(36)31-15-18-10-6-4-7-11-18)29-14-20(30)24(38-29)22(23(29)28(33)37)26(35)32-19-12-8-5-9-13-19/h4-13,17,20-25,34H,3,14-16H2,1-2H3,(H,31,36)(H,32,35)/t17-,20?,21-,22-,23-,24-,25?,29?/m0/s1. The number of fused-ring (bicyclic) bond motifs is 1. The van der Waals surface area contributed by atoms with Crippen molar-refractivity contribution in [3.05, 3.63) is 66.2 Å². The maximum atomic E-state index is 14.2. The molecule has 2 aromatic carbocycles. The Morgan fingerprint density at radius 3 is 2.42 bits per heavy atom. The predicted octanol–water partition coefficient (Wildman–Crippen LogP) is 3.10. The minimum Gasteiger partial charge on any atom is -0.394 e. The van der Waals surface area contributed by atoms with Gasteiger partial charge < -0.3 is 25.4 Å². The van der Waals surface area contributed by atoms with Crippen molar-refractivity contribution in [2.24, 2.45) is 17.8 Å². The molecule has 8 atom stereocenters. The Bertz CT molecular complexity index is 1180. The van der Waals surface area contributed by atoms with Crippen molar-refractivity contribution in [3.63, 3.8) is 0 Å². The maximum Gasteiger partial charge on any atom is 0.246 e. The first-order valence-corrected chi connectivity index (χ1v) is 14.2. The van der Waals surface area contributed by atoms with Gasteiger partial charge in [-0.25, -0.2) is 0 Å². The van der Waals surface area contributed by atoms with Crippen LogP contribution >= 0.6 is 15.9 Å². The number of amides is 3. The first kappa shape index (κ1) is 26.8. The highest BCUT2D eigenvalue weighted by Gasteiger charge is 2.77. The number of rotatable bonds is 9. The Balaban J connectivity index is 1.51. The van der Waals surface area contributed by atoms with Crippen LogP contribution in [-0.4, -0.2) is 63.0 Å². The monoisotopic (exact) mass is 583 g/mol. The molecular formula is C29H34BrN3O5. The van der Waals surface area contributed by atoms with Gasteiger partial charge in [-0.05, 0) is 30.0 Å². The van der Waals surface area contributed by atoms with Crippen molar-refractivity contribution >= 4 is 39.3 Å². The number of hydrogen-bond donors (Lipinski definition) is 3. The number of anilines is 1. The molecule has 0 saturated carbocycles. The molecule has 38 heavy (non-hydrogen) atoms. The Morgan fingerprint density at radius 1 is 1.13 bits per heavy atom. The number of nitrogens with one attached hydrogen (secondary N) is 2. The number of nitrogens with zero attached hydrogens (tertiary/aromatic N) is 1. The number of ether oxygens (including phenoxy) is 1. The molecule has 3 aliphatic heterocycles. The third kappa shape index (κ3) is 4.44. The van der Waals surface area contributed by atoms with Crippen molar-refractivity contribution in [3.8, 4) is 0 Å². The number of carbonyl (C=O) groups excluding carboxylic acids is 3. The van der Waals surface area contributed by atoms with E-state index >= 15 is 0 Å². The third-order valence-electron chi connectivity index (χ3n) is 8.47. The molecule has 8 nitrogen and oxygen atoms in total. The number of para-hydroxylation sites is 1. The van der Waals surface area contributed by atoms with Crippen molar-refractivity contribution in [2.75, 3.05) is 11.9 Å². The summed E-state index contributed by atoms with van der Waals surface area (Å²) in [6.45, 7) is 3.97. The van der Waals surface area contributed by atoms with Gasteiger partial charge in [0.25, 0.3) is 0 Å². The van der Waals surface area contributed by atoms with Crippen LogP contribution in [0.25, 0.3) is 0 Å². The lowest BCUT2D eigenvalue weighted by atomic mass is 9.70.